The van der Waals surface area contributed by atoms with Gasteiger partial charge in [-0.05, 0) is 37.0 Å². The Labute approximate surface area is 154 Å². The van der Waals surface area contributed by atoms with Gasteiger partial charge in [-0.1, -0.05) is 24.3 Å². The van der Waals surface area contributed by atoms with E-state index in [4.69, 9.17) is 0 Å². The number of halogens is 2. The molecule has 27 heavy (non-hydrogen) atoms. The fourth-order valence-electron chi connectivity index (χ4n) is 3.21. The Morgan fingerprint density at radius 2 is 2.15 bits per heavy atom. The molecular weight excluding hydrogens is 350 g/mol. The Morgan fingerprint density at radius 3 is 2.93 bits per heavy atom. The molecule has 7 heteroatoms. The van der Waals surface area contributed by atoms with Crippen molar-refractivity contribution >= 4 is 22.5 Å². The Morgan fingerprint density at radius 1 is 1.26 bits per heavy atom. The van der Waals surface area contributed by atoms with Gasteiger partial charge in [-0.15, -0.1) is 0 Å². The third kappa shape index (κ3) is 3.67. The first-order valence-corrected chi connectivity index (χ1v) is 8.74. The molecule has 3 aromatic rings. The second kappa shape index (κ2) is 7.19. The number of hydrogen-bond acceptors (Lipinski definition) is 3. The van der Waals surface area contributed by atoms with Crippen LogP contribution in [0, 0.1) is 17.6 Å². The molecular formula is C20H18F2N4O. The molecule has 0 aliphatic heterocycles. The number of aromatic nitrogens is 3. The van der Waals surface area contributed by atoms with Crippen LogP contribution in [0.4, 0.5) is 20.2 Å². The van der Waals surface area contributed by atoms with Crippen LogP contribution < -0.4 is 11.0 Å². The Kier molecular flexibility index (Phi) is 4.58. The molecule has 0 bridgehead atoms. The maximum Gasteiger partial charge on any atom is 0.327 e. The van der Waals surface area contributed by atoms with Crippen LogP contribution in [-0.2, 0) is 6.54 Å². The smallest absolute Gasteiger partial charge is 0.327 e. The number of nitrogens with zero attached hydrogens (tertiary/aromatic N) is 2. The number of H-pyrrole nitrogens is 1. The summed E-state index contributed by atoms with van der Waals surface area (Å²) in [6.45, 7) is 0.564. The van der Waals surface area contributed by atoms with Crippen LogP contribution in [0.3, 0.4) is 0 Å². The third-order valence-electron chi connectivity index (χ3n) is 4.61. The van der Waals surface area contributed by atoms with E-state index in [0.717, 1.165) is 18.9 Å². The molecule has 5 nitrogen and oxygen atoms in total. The SMILES string of the molecule is O=c1[nH]c2cc(Nc3ccc(F)cc3F)cnc2n1CC[C@@H]1C=CC=CC1. The van der Waals surface area contributed by atoms with Crippen LogP contribution in [0.25, 0.3) is 11.2 Å². The number of nitrogens with one attached hydrogen (secondary N) is 2. The molecule has 0 amide bonds. The van der Waals surface area contributed by atoms with Crippen LogP contribution in [-0.4, -0.2) is 14.5 Å². The average molecular weight is 368 g/mol. The third-order valence-corrected chi connectivity index (χ3v) is 4.61. The fourth-order valence-corrected chi connectivity index (χ4v) is 3.21. The maximum atomic E-state index is 13.8. The van der Waals surface area contributed by atoms with Gasteiger partial charge in [-0.2, -0.15) is 0 Å². The minimum atomic E-state index is -0.698. The summed E-state index contributed by atoms with van der Waals surface area (Å²) in [5.74, 6) is -0.929. The topological polar surface area (TPSA) is 62.7 Å². The van der Waals surface area contributed by atoms with Gasteiger partial charge in [0.2, 0.25) is 0 Å². The van der Waals surface area contributed by atoms with Crippen LogP contribution in [0.2, 0.25) is 0 Å². The van der Waals surface area contributed by atoms with Gasteiger partial charge in [0.15, 0.2) is 5.65 Å². The van der Waals surface area contributed by atoms with Gasteiger partial charge < -0.3 is 10.3 Å². The predicted molar refractivity (Wildman–Crippen MR) is 101 cm³/mol. The van der Waals surface area contributed by atoms with Crippen molar-refractivity contribution in [3.8, 4) is 0 Å². The number of hydrogen-bond donors (Lipinski definition) is 2. The molecule has 0 unspecified atom stereocenters. The highest BCUT2D eigenvalue weighted by Gasteiger charge is 2.12. The van der Waals surface area contributed by atoms with Gasteiger partial charge in [0.1, 0.15) is 11.6 Å². The summed E-state index contributed by atoms with van der Waals surface area (Å²) in [5, 5.41) is 2.85. The van der Waals surface area contributed by atoms with E-state index in [0.29, 0.717) is 29.3 Å². The summed E-state index contributed by atoms with van der Waals surface area (Å²) >= 11 is 0. The van der Waals surface area contributed by atoms with E-state index in [-0.39, 0.29) is 11.4 Å². The lowest BCUT2D eigenvalue weighted by molar-refractivity contribution is 0.521. The molecule has 0 radical (unpaired) electrons. The number of pyridine rings is 1. The highest BCUT2D eigenvalue weighted by molar-refractivity contribution is 5.76. The van der Waals surface area contributed by atoms with Crippen LogP contribution in [0.15, 0.2) is 59.6 Å². The molecule has 138 valence electrons. The van der Waals surface area contributed by atoms with Gasteiger partial charge in [0.05, 0.1) is 23.1 Å². The van der Waals surface area contributed by atoms with Crippen molar-refractivity contribution in [2.24, 2.45) is 5.92 Å². The van der Waals surface area contributed by atoms with Gasteiger partial charge in [0.25, 0.3) is 0 Å². The zero-order chi connectivity index (χ0) is 18.8. The summed E-state index contributed by atoms with van der Waals surface area (Å²) in [7, 11) is 0. The second-order valence-electron chi connectivity index (χ2n) is 6.52. The lowest BCUT2D eigenvalue weighted by Crippen LogP contribution is -2.18. The summed E-state index contributed by atoms with van der Waals surface area (Å²) < 4.78 is 28.4. The Balaban J connectivity index is 1.55. The lowest BCUT2D eigenvalue weighted by Gasteiger charge is -2.13. The number of aromatic amines is 1. The maximum absolute atomic E-state index is 13.8. The first-order chi connectivity index (χ1) is 13.1. The minimum Gasteiger partial charge on any atom is -0.352 e. The van der Waals surface area contributed by atoms with Crippen molar-refractivity contribution in [2.75, 3.05) is 5.32 Å². The number of fused-ring (bicyclic) bond motifs is 1. The molecule has 2 aromatic heterocycles. The van der Waals surface area contributed by atoms with E-state index in [2.05, 4.69) is 27.4 Å². The normalized spacial score (nSPS) is 16.1. The predicted octanol–water partition coefficient (Wildman–Crippen LogP) is 4.27. The summed E-state index contributed by atoms with van der Waals surface area (Å²) in [6.07, 6.45) is 11.7. The van der Waals surface area contributed by atoms with Crippen LogP contribution >= 0.6 is 0 Å². The summed E-state index contributed by atoms with van der Waals surface area (Å²) in [4.78, 5) is 19.4. The van der Waals surface area contributed by atoms with Crippen LogP contribution in [0.5, 0.6) is 0 Å². The molecule has 1 aromatic carbocycles. The first kappa shape index (κ1) is 17.2. The highest BCUT2D eigenvalue weighted by atomic mass is 19.1. The fraction of sp³-hybridized carbons (Fsp3) is 0.200. The Hall–Kier alpha value is -3.22. The molecule has 0 saturated heterocycles. The molecule has 1 aliphatic rings. The molecule has 1 aliphatic carbocycles. The summed E-state index contributed by atoms with van der Waals surface area (Å²) in [6, 6.07) is 4.98. The Bertz CT molecular complexity index is 1100. The zero-order valence-corrected chi connectivity index (χ0v) is 14.5. The molecule has 0 fully saturated rings. The van der Waals surface area contributed by atoms with Crippen molar-refractivity contribution in [3.05, 3.63) is 76.9 Å². The van der Waals surface area contributed by atoms with E-state index in [1.807, 2.05) is 12.2 Å². The zero-order valence-electron chi connectivity index (χ0n) is 14.5. The molecule has 2 N–H and O–H groups in total. The van der Waals surface area contributed by atoms with Crippen molar-refractivity contribution < 1.29 is 8.78 Å². The molecule has 0 spiro atoms. The number of allylic oxidation sites excluding steroid dienone is 4. The second-order valence-corrected chi connectivity index (χ2v) is 6.52. The van der Waals surface area contributed by atoms with E-state index in [9.17, 15) is 13.6 Å². The molecule has 1 atom stereocenters. The van der Waals surface area contributed by atoms with Crippen molar-refractivity contribution in [1.82, 2.24) is 14.5 Å². The van der Waals surface area contributed by atoms with Crippen molar-refractivity contribution in [2.45, 2.75) is 19.4 Å². The van der Waals surface area contributed by atoms with E-state index in [1.54, 1.807) is 10.6 Å². The van der Waals surface area contributed by atoms with Gasteiger partial charge in [-0.3, -0.25) is 4.57 Å². The number of anilines is 2. The molecule has 2 heterocycles. The van der Waals surface area contributed by atoms with Crippen LogP contribution in [0.1, 0.15) is 12.8 Å². The summed E-state index contributed by atoms with van der Waals surface area (Å²) in [5.41, 5.74) is 1.53. The van der Waals surface area contributed by atoms with Crippen molar-refractivity contribution in [3.63, 3.8) is 0 Å². The molecule has 4 rings (SSSR count). The van der Waals surface area contributed by atoms with E-state index < -0.39 is 11.6 Å². The minimum absolute atomic E-state index is 0.136. The number of aryl methyl sites for hydroxylation is 1. The first-order valence-electron chi connectivity index (χ1n) is 8.74. The standard InChI is InChI=1S/C20H18F2N4O/c21-14-6-7-17(16(22)10-14)24-15-11-18-19(23-12-15)26(20(27)25-18)9-8-13-4-2-1-3-5-13/h1-4,6-7,10-13,24H,5,8-9H2,(H,25,27)/t13-/m1/s1. The lowest BCUT2D eigenvalue weighted by atomic mass is 9.97. The highest BCUT2D eigenvalue weighted by Crippen LogP contribution is 2.23. The quantitative estimate of drug-likeness (QED) is 0.707. The van der Waals surface area contributed by atoms with Gasteiger partial charge in [-0.25, -0.2) is 18.6 Å². The number of imidazole rings is 1. The van der Waals surface area contributed by atoms with Gasteiger partial charge >= 0.3 is 5.69 Å². The monoisotopic (exact) mass is 368 g/mol. The largest absolute Gasteiger partial charge is 0.352 e. The number of rotatable bonds is 5. The molecule has 0 saturated carbocycles. The van der Waals surface area contributed by atoms with Crippen molar-refractivity contribution in [1.29, 1.82) is 0 Å². The van der Waals surface area contributed by atoms with E-state index >= 15 is 0 Å². The number of benzene rings is 1. The average Bonchev–Trinajstić information content (AvgIpc) is 2.97. The van der Waals surface area contributed by atoms with E-state index in [1.165, 1.54) is 18.3 Å². The van der Waals surface area contributed by atoms with Gasteiger partial charge in [0, 0.05) is 12.6 Å².